The third-order valence-electron chi connectivity index (χ3n) is 4.81. The topological polar surface area (TPSA) is 39.1 Å². The number of hydrogen-bond acceptors (Lipinski definition) is 3. The summed E-state index contributed by atoms with van der Waals surface area (Å²) in [5.41, 5.74) is 3.66. The minimum absolute atomic E-state index is 0.204. The zero-order valence-electron chi connectivity index (χ0n) is 14.2. The molecule has 0 amide bonds. The second-order valence-electron chi connectivity index (χ2n) is 6.46. The van der Waals surface area contributed by atoms with E-state index in [2.05, 4.69) is 65.0 Å². The van der Waals surface area contributed by atoms with Crippen molar-refractivity contribution in [1.29, 1.82) is 0 Å². The van der Waals surface area contributed by atoms with Gasteiger partial charge in [0.05, 0.1) is 11.8 Å². The highest BCUT2D eigenvalue weighted by atomic mass is 16.5. The van der Waals surface area contributed by atoms with E-state index in [1.165, 1.54) is 11.1 Å². The summed E-state index contributed by atoms with van der Waals surface area (Å²) in [6.07, 6.45) is 5.10. The number of para-hydroxylation sites is 1. The molecule has 1 aliphatic heterocycles. The molecule has 4 heteroatoms. The molecule has 1 saturated heterocycles. The molecule has 1 aromatic heterocycles. The van der Waals surface area contributed by atoms with Crippen molar-refractivity contribution in [3.8, 4) is 5.69 Å². The van der Waals surface area contributed by atoms with Gasteiger partial charge in [0.1, 0.15) is 0 Å². The summed E-state index contributed by atoms with van der Waals surface area (Å²) in [4.78, 5) is 0. The molecule has 4 nitrogen and oxygen atoms in total. The fourth-order valence-electron chi connectivity index (χ4n) is 3.54. The molecule has 0 unspecified atom stereocenters. The van der Waals surface area contributed by atoms with Gasteiger partial charge in [-0.2, -0.15) is 5.10 Å². The summed E-state index contributed by atoms with van der Waals surface area (Å²) in [7, 11) is 0. The van der Waals surface area contributed by atoms with Crippen molar-refractivity contribution in [3.63, 3.8) is 0 Å². The van der Waals surface area contributed by atoms with Gasteiger partial charge < -0.3 is 10.1 Å². The van der Waals surface area contributed by atoms with Gasteiger partial charge in [-0.1, -0.05) is 48.5 Å². The van der Waals surface area contributed by atoms with Gasteiger partial charge in [-0.25, -0.2) is 4.68 Å². The van der Waals surface area contributed by atoms with E-state index in [-0.39, 0.29) is 6.10 Å². The number of aromatic nitrogens is 2. The minimum atomic E-state index is 0.204. The lowest BCUT2D eigenvalue weighted by molar-refractivity contribution is 0.0904. The monoisotopic (exact) mass is 333 g/mol. The Morgan fingerprint density at radius 2 is 1.88 bits per heavy atom. The molecule has 4 rings (SSSR count). The van der Waals surface area contributed by atoms with Gasteiger partial charge in [-0.3, -0.25) is 0 Å². The minimum Gasteiger partial charge on any atom is -0.373 e. The Bertz CT molecular complexity index is 786. The van der Waals surface area contributed by atoms with Crippen molar-refractivity contribution in [1.82, 2.24) is 15.1 Å². The molecule has 0 bridgehead atoms. The highest BCUT2D eigenvalue weighted by molar-refractivity contribution is 5.40. The van der Waals surface area contributed by atoms with Gasteiger partial charge in [0, 0.05) is 38.0 Å². The number of hydrogen-bond donors (Lipinski definition) is 1. The second kappa shape index (κ2) is 7.64. The van der Waals surface area contributed by atoms with Crippen LogP contribution in [0.4, 0.5) is 0 Å². The second-order valence-corrected chi connectivity index (χ2v) is 6.46. The molecule has 0 saturated carbocycles. The van der Waals surface area contributed by atoms with Crippen LogP contribution in [0.2, 0.25) is 0 Å². The summed E-state index contributed by atoms with van der Waals surface area (Å²) in [6.45, 7) is 2.62. The maximum atomic E-state index is 5.98. The Balaban J connectivity index is 1.40. The summed E-state index contributed by atoms with van der Waals surface area (Å²) >= 11 is 0. The molecule has 1 N–H and O–H groups in total. The molecule has 2 atom stereocenters. The van der Waals surface area contributed by atoms with E-state index < -0.39 is 0 Å². The number of nitrogens with one attached hydrogen (secondary N) is 1. The normalized spacial score (nSPS) is 20.0. The molecular weight excluding hydrogens is 310 g/mol. The zero-order valence-corrected chi connectivity index (χ0v) is 14.2. The average molecular weight is 333 g/mol. The summed E-state index contributed by atoms with van der Waals surface area (Å²) in [6, 6.07) is 20.9. The predicted octanol–water partition coefficient (Wildman–Crippen LogP) is 3.74. The van der Waals surface area contributed by atoms with Crippen molar-refractivity contribution in [2.24, 2.45) is 5.92 Å². The molecule has 0 radical (unpaired) electrons. The van der Waals surface area contributed by atoms with Gasteiger partial charge >= 0.3 is 0 Å². The van der Waals surface area contributed by atoms with Gasteiger partial charge in [0.15, 0.2) is 0 Å². The van der Waals surface area contributed by atoms with Crippen molar-refractivity contribution in [2.75, 3.05) is 13.2 Å². The molecule has 0 aliphatic carbocycles. The molecule has 1 fully saturated rings. The van der Waals surface area contributed by atoms with Crippen LogP contribution in [0.25, 0.3) is 5.69 Å². The maximum Gasteiger partial charge on any atom is 0.0866 e. The van der Waals surface area contributed by atoms with Crippen LogP contribution < -0.4 is 5.32 Å². The van der Waals surface area contributed by atoms with Gasteiger partial charge in [0.2, 0.25) is 0 Å². The Morgan fingerprint density at radius 3 is 2.72 bits per heavy atom. The molecule has 25 heavy (non-hydrogen) atoms. The Labute approximate surface area is 148 Å². The fraction of sp³-hybridized carbons (Fsp3) is 0.286. The van der Waals surface area contributed by atoms with Crippen LogP contribution in [0.15, 0.2) is 73.1 Å². The van der Waals surface area contributed by atoms with Crippen LogP contribution in [0.5, 0.6) is 0 Å². The van der Waals surface area contributed by atoms with E-state index in [9.17, 15) is 0 Å². The summed E-state index contributed by atoms with van der Waals surface area (Å²) in [5, 5.41) is 7.98. The third kappa shape index (κ3) is 3.65. The Kier molecular flexibility index (Phi) is 4.91. The third-order valence-corrected chi connectivity index (χ3v) is 4.81. The van der Waals surface area contributed by atoms with Crippen LogP contribution in [0, 0.1) is 5.92 Å². The van der Waals surface area contributed by atoms with Crippen molar-refractivity contribution in [3.05, 3.63) is 84.2 Å². The van der Waals surface area contributed by atoms with E-state index >= 15 is 0 Å². The van der Waals surface area contributed by atoms with Gasteiger partial charge in [-0.05, 0) is 29.7 Å². The van der Waals surface area contributed by atoms with E-state index in [0.717, 1.165) is 31.8 Å². The first kappa shape index (κ1) is 16.1. The van der Waals surface area contributed by atoms with E-state index in [1.807, 2.05) is 23.1 Å². The first-order valence-electron chi connectivity index (χ1n) is 8.87. The lowest BCUT2D eigenvalue weighted by Crippen LogP contribution is -2.25. The van der Waals surface area contributed by atoms with E-state index in [4.69, 9.17) is 4.74 Å². The molecule has 128 valence electrons. The molecule has 0 spiro atoms. The number of nitrogens with zero attached hydrogens (tertiary/aromatic N) is 2. The van der Waals surface area contributed by atoms with Crippen LogP contribution in [0.1, 0.15) is 23.7 Å². The molecule has 2 aromatic carbocycles. The quantitative estimate of drug-likeness (QED) is 0.747. The Hall–Kier alpha value is -2.43. The van der Waals surface area contributed by atoms with Crippen LogP contribution in [0.3, 0.4) is 0 Å². The average Bonchev–Trinajstić information content (AvgIpc) is 3.35. The summed E-state index contributed by atoms with van der Waals surface area (Å²) in [5.74, 6) is 0.513. The number of benzene rings is 2. The van der Waals surface area contributed by atoms with Crippen LogP contribution in [-0.4, -0.2) is 22.9 Å². The van der Waals surface area contributed by atoms with Crippen molar-refractivity contribution >= 4 is 0 Å². The maximum absolute atomic E-state index is 5.98. The van der Waals surface area contributed by atoms with E-state index in [0.29, 0.717) is 5.92 Å². The first-order valence-corrected chi connectivity index (χ1v) is 8.87. The van der Waals surface area contributed by atoms with Gasteiger partial charge in [-0.15, -0.1) is 0 Å². The predicted molar refractivity (Wildman–Crippen MR) is 98.5 cm³/mol. The standard InChI is InChI=1S/C21H23N3O/c1-2-7-17(8-3-1)21-19(11-14-25-21)16-22-15-18-9-4-5-10-20(18)24-13-6-12-23-24/h1-10,12-13,19,21-22H,11,14-16H2/t19-,21-/m0/s1. The van der Waals surface area contributed by atoms with Crippen LogP contribution in [-0.2, 0) is 11.3 Å². The molecular formula is C21H23N3O. The van der Waals surface area contributed by atoms with Gasteiger partial charge in [0.25, 0.3) is 0 Å². The lowest BCUT2D eigenvalue weighted by Gasteiger charge is -2.20. The number of ether oxygens (including phenoxy) is 1. The van der Waals surface area contributed by atoms with Crippen LogP contribution >= 0.6 is 0 Å². The molecule has 1 aliphatic rings. The smallest absolute Gasteiger partial charge is 0.0866 e. The first-order chi connectivity index (χ1) is 12.4. The fourth-order valence-corrected chi connectivity index (χ4v) is 3.54. The molecule has 2 heterocycles. The highest BCUT2D eigenvalue weighted by Crippen LogP contribution is 2.33. The number of rotatable bonds is 6. The zero-order chi connectivity index (χ0) is 16.9. The lowest BCUT2D eigenvalue weighted by atomic mass is 9.95. The highest BCUT2D eigenvalue weighted by Gasteiger charge is 2.29. The largest absolute Gasteiger partial charge is 0.373 e. The van der Waals surface area contributed by atoms with Crippen molar-refractivity contribution < 1.29 is 4.74 Å². The Morgan fingerprint density at radius 1 is 1.04 bits per heavy atom. The molecule has 3 aromatic rings. The summed E-state index contributed by atoms with van der Waals surface area (Å²) < 4.78 is 7.90. The SMILES string of the molecule is c1ccc([C@@H]2OCC[C@H]2CNCc2ccccc2-n2cccn2)cc1. The van der Waals surface area contributed by atoms with Crippen molar-refractivity contribution in [2.45, 2.75) is 19.1 Å². The van der Waals surface area contributed by atoms with E-state index in [1.54, 1.807) is 0 Å².